The summed E-state index contributed by atoms with van der Waals surface area (Å²) in [5.74, 6) is 0. The first-order valence-electron chi connectivity index (χ1n) is 4.51. The van der Waals surface area contributed by atoms with Crippen molar-refractivity contribution in [3.63, 3.8) is 0 Å². The van der Waals surface area contributed by atoms with Crippen LogP contribution in [0.4, 0.5) is 0 Å². The van der Waals surface area contributed by atoms with Crippen LogP contribution in [0.5, 0.6) is 0 Å². The highest BCUT2D eigenvalue weighted by atomic mass is 79.9. The predicted octanol–water partition coefficient (Wildman–Crippen LogP) is 2.11. The first-order chi connectivity index (χ1) is 6.95. The Morgan fingerprint density at radius 3 is 2.60 bits per heavy atom. The molecule has 0 aliphatic heterocycles. The van der Waals surface area contributed by atoms with Crippen LogP contribution in [-0.4, -0.2) is 24.4 Å². The maximum Gasteiger partial charge on any atom is 0.224 e. The van der Waals surface area contributed by atoms with Crippen LogP contribution in [-0.2, 0) is 16.6 Å². The standard InChI is InChI=1S/C10H14BrNO2S/c1-9-4-3-5-10(6-9)7-12(2)15(13,14)8-11/h3-6H,7-8H2,1-2H3. The van der Waals surface area contributed by atoms with Gasteiger partial charge in [0.05, 0.1) is 0 Å². The van der Waals surface area contributed by atoms with E-state index in [0.29, 0.717) is 6.54 Å². The topological polar surface area (TPSA) is 37.4 Å². The van der Waals surface area contributed by atoms with Gasteiger partial charge in [-0.05, 0) is 12.5 Å². The molecule has 1 aromatic carbocycles. The number of aryl methyl sites for hydroxylation is 1. The molecule has 1 aromatic rings. The average Bonchev–Trinajstić information content (AvgIpc) is 2.17. The maximum atomic E-state index is 11.5. The average molecular weight is 292 g/mol. The quantitative estimate of drug-likeness (QED) is 0.797. The van der Waals surface area contributed by atoms with Gasteiger partial charge in [0.2, 0.25) is 10.0 Å². The van der Waals surface area contributed by atoms with Gasteiger partial charge in [0, 0.05) is 13.6 Å². The van der Waals surface area contributed by atoms with Gasteiger partial charge in [0.1, 0.15) is 4.66 Å². The van der Waals surface area contributed by atoms with Crippen molar-refractivity contribution in [3.8, 4) is 0 Å². The minimum absolute atomic E-state index is 0.0394. The van der Waals surface area contributed by atoms with Gasteiger partial charge >= 0.3 is 0 Å². The van der Waals surface area contributed by atoms with E-state index in [2.05, 4.69) is 15.9 Å². The van der Waals surface area contributed by atoms with Gasteiger partial charge in [0.25, 0.3) is 0 Å². The Bertz CT molecular complexity index is 431. The summed E-state index contributed by atoms with van der Waals surface area (Å²) in [6.45, 7) is 2.40. The smallest absolute Gasteiger partial charge is 0.211 e. The lowest BCUT2D eigenvalue weighted by atomic mass is 10.1. The number of alkyl halides is 1. The fourth-order valence-corrected chi connectivity index (χ4v) is 2.81. The molecule has 0 aliphatic carbocycles. The number of benzene rings is 1. The van der Waals surface area contributed by atoms with Crippen LogP contribution in [0, 0.1) is 6.92 Å². The van der Waals surface area contributed by atoms with E-state index in [-0.39, 0.29) is 4.66 Å². The predicted molar refractivity (Wildman–Crippen MR) is 65.4 cm³/mol. The third kappa shape index (κ3) is 3.59. The van der Waals surface area contributed by atoms with E-state index in [1.165, 1.54) is 4.31 Å². The Balaban J connectivity index is 2.79. The van der Waals surface area contributed by atoms with Crippen molar-refractivity contribution >= 4 is 26.0 Å². The van der Waals surface area contributed by atoms with E-state index in [0.717, 1.165) is 11.1 Å². The number of rotatable bonds is 4. The molecule has 0 spiro atoms. The molecule has 0 unspecified atom stereocenters. The van der Waals surface area contributed by atoms with Crippen LogP contribution in [0.25, 0.3) is 0 Å². The number of hydrogen-bond donors (Lipinski definition) is 0. The fraction of sp³-hybridized carbons (Fsp3) is 0.400. The van der Waals surface area contributed by atoms with Crippen LogP contribution in [0.15, 0.2) is 24.3 Å². The summed E-state index contributed by atoms with van der Waals surface area (Å²) in [6, 6.07) is 7.83. The first kappa shape index (κ1) is 12.7. The Kier molecular flexibility index (Phi) is 4.31. The second-order valence-electron chi connectivity index (χ2n) is 3.47. The van der Waals surface area contributed by atoms with Crippen molar-refractivity contribution < 1.29 is 8.42 Å². The van der Waals surface area contributed by atoms with Crippen LogP contribution in [0.1, 0.15) is 11.1 Å². The van der Waals surface area contributed by atoms with Gasteiger partial charge in [-0.25, -0.2) is 8.42 Å². The number of sulfonamides is 1. The molecule has 0 aliphatic rings. The number of nitrogens with zero attached hydrogens (tertiary/aromatic N) is 1. The monoisotopic (exact) mass is 291 g/mol. The highest BCUT2D eigenvalue weighted by Gasteiger charge is 2.15. The Hall–Kier alpha value is -0.390. The van der Waals surface area contributed by atoms with E-state index in [4.69, 9.17) is 0 Å². The molecule has 0 saturated heterocycles. The van der Waals surface area contributed by atoms with Gasteiger partial charge in [-0.3, -0.25) is 0 Å². The molecule has 15 heavy (non-hydrogen) atoms. The summed E-state index contributed by atoms with van der Waals surface area (Å²) >= 11 is 2.97. The molecule has 0 amide bonds. The van der Waals surface area contributed by atoms with E-state index in [1.807, 2.05) is 31.2 Å². The van der Waals surface area contributed by atoms with Gasteiger partial charge in [-0.1, -0.05) is 45.8 Å². The molecule has 0 fully saturated rings. The molecule has 1 rings (SSSR count). The zero-order valence-corrected chi connectivity index (χ0v) is 11.2. The highest BCUT2D eigenvalue weighted by Crippen LogP contribution is 2.10. The molecule has 0 atom stereocenters. The molecule has 84 valence electrons. The molecular weight excluding hydrogens is 278 g/mol. The van der Waals surface area contributed by atoms with Crippen LogP contribution >= 0.6 is 15.9 Å². The highest BCUT2D eigenvalue weighted by molar-refractivity contribution is 9.10. The molecule has 0 saturated carbocycles. The van der Waals surface area contributed by atoms with Gasteiger partial charge < -0.3 is 0 Å². The molecular formula is C10H14BrNO2S. The molecule has 3 nitrogen and oxygen atoms in total. The minimum Gasteiger partial charge on any atom is -0.211 e. The van der Waals surface area contributed by atoms with Crippen LogP contribution in [0.2, 0.25) is 0 Å². The van der Waals surface area contributed by atoms with E-state index < -0.39 is 10.0 Å². The molecule has 0 radical (unpaired) electrons. The van der Waals surface area contributed by atoms with Gasteiger partial charge in [0.15, 0.2) is 0 Å². The second kappa shape index (κ2) is 5.09. The second-order valence-corrected chi connectivity index (χ2v) is 6.84. The molecule has 0 N–H and O–H groups in total. The lowest BCUT2D eigenvalue weighted by Gasteiger charge is -2.15. The zero-order chi connectivity index (χ0) is 11.5. The SMILES string of the molecule is Cc1cccc(CN(C)S(=O)(=O)CBr)c1. The number of halogens is 1. The van der Waals surface area contributed by atoms with Gasteiger partial charge in [-0.2, -0.15) is 4.31 Å². The summed E-state index contributed by atoms with van der Waals surface area (Å²) in [4.78, 5) is 0. The Morgan fingerprint density at radius 1 is 1.40 bits per heavy atom. The summed E-state index contributed by atoms with van der Waals surface area (Å²) in [7, 11) is -1.58. The lowest BCUT2D eigenvalue weighted by Crippen LogP contribution is -2.27. The van der Waals surface area contributed by atoms with Gasteiger partial charge in [-0.15, -0.1) is 0 Å². The summed E-state index contributed by atoms with van der Waals surface area (Å²) in [5, 5.41) is 0. The third-order valence-electron chi connectivity index (χ3n) is 2.10. The third-order valence-corrected chi connectivity index (χ3v) is 5.19. The fourth-order valence-electron chi connectivity index (χ4n) is 1.25. The molecule has 0 heterocycles. The van der Waals surface area contributed by atoms with E-state index in [9.17, 15) is 8.42 Å². The maximum absolute atomic E-state index is 11.5. The van der Waals surface area contributed by atoms with Crippen molar-refractivity contribution in [2.45, 2.75) is 13.5 Å². The minimum atomic E-state index is -3.16. The largest absolute Gasteiger partial charge is 0.224 e. The van der Waals surface area contributed by atoms with Crippen LogP contribution < -0.4 is 0 Å². The molecule has 0 bridgehead atoms. The van der Waals surface area contributed by atoms with E-state index in [1.54, 1.807) is 7.05 Å². The Morgan fingerprint density at radius 2 is 2.07 bits per heavy atom. The molecule has 5 heteroatoms. The Labute approximate surface area is 99.3 Å². The van der Waals surface area contributed by atoms with Crippen molar-refractivity contribution in [1.29, 1.82) is 0 Å². The number of hydrogen-bond acceptors (Lipinski definition) is 2. The van der Waals surface area contributed by atoms with Crippen molar-refractivity contribution in [3.05, 3.63) is 35.4 Å². The summed E-state index contributed by atoms with van der Waals surface area (Å²) < 4.78 is 24.2. The summed E-state index contributed by atoms with van der Waals surface area (Å²) in [6.07, 6.45) is 0. The lowest BCUT2D eigenvalue weighted by molar-refractivity contribution is 0.471. The van der Waals surface area contributed by atoms with Crippen molar-refractivity contribution in [2.24, 2.45) is 0 Å². The van der Waals surface area contributed by atoms with E-state index >= 15 is 0 Å². The first-order valence-corrected chi connectivity index (χ1v) is 7.24. The molecule has 0 aromatic heterocycles. The van der Waals surface area contributed by atoms with Crippen molar-refractivity contribution in [1.82, 2.24) is 4.31 Å². The van der Waals surface area contributed by atoms with Crippen LogP contribution in [0.3, 0.4) is 0 Å². The summed E-state index contributed by atoms with van der Waals surface area (Å²) in [5.41, 5.74) is 2.14. The normalized spacial score (nSPS) is 12.0. The van der Waals surface area contributed by atoms with Crippen molar-refractivity contribution in [2.75, 3.05) is 11.7 Å². The zero-order valence-electron chi connectivity index (χ0n) is 8.77.